The maximum atomic E-state index is 5.47. The molecule has 0 fully saturated rings. The van der Waals surface area contributed by atoms with Gasteiger partial charge in [0.15, 0.2) is 0 Å². The number of hydrogen-bond donors (Lipinski definition) is 1. The van der Waals surface area contributed by atoms with Crippen molar-refractivity contribution < 1.29 is 4.74 Å². The first-order valence-corrected chi connectivity index (χ1v) is 5.64. The Morgan fingerprint density at radius 2 is 2.19 bits per heavy atom. The van der Waals surface area contributed by atoms with Crippen LogP contribution in [0.15, 0.2) is 24.3 Å². The van der Waals surface area contributed by atoms with Gasteiger partial charge in [0.2, 0.25) is 0 Å². The van der Waals surface area contributed by atoms with E-state index in [1.54, 1.807) is 7.11 Å². The first-order chi connectivity index (χ1) is 7.81. The molecule has 1 aliphatic rings. The summed E-state index contributed by atoms with van der Waals surface area (Å²) in [6.45, 7) is 3.20. The predicted molar refractivity (Wildman–Crippen MR) is 67.4 cm³/mol. The van der Waals surface area contributed by atoms with Crippen LogP contribution in [0.5, 0.6) is 5.75 Å². The summed E-state index contributed by atoms with van der Waals surface area (Å²) in [5.74, 6) is 0.965. The number of rotatable bonds is 1. The van der Waals surface area contributed by atoms with E-state index in [1.165, 1.54) is 27.6 Å². The highest BCUT2D eigenvalue weighted by atomic mass is 16.5. The molecule has 0 aromatic heterocycles. The molecule has 0 bridgehead atoms. The van der Waals surface area contributed by atoms with Gasteiger partial charge in [0, 0.05) is 23.7 Å². The lowest BCUT2D eigenvalue weighted by Gasteiger charge is -2.12. The van der Waals surface area contributed by atoms with Gasteiger partial charge in [-0.2, -0.15) is 0 Å². The third kappa shape index (κ3) is 1.19. The van der Waals surface area contributed by atoms with Crippen LogP contribution < -0.4 is 10.1 Å². The zero-order chi connectivity index (χ0) is 11.1. The summed E-state index contributed by atoms with van der Waals surface area (Å²) in [5.41, 5.74) is 4.00. The molecule has 0 radical (unpaired) electrons. The van der Waals surface area contributed by atoms with Crippen LogP contribution in [0.25, 0.3) is 10.8 Å². The minimum Gasteiger partial charge on any atom is -0.496 e. The van der Waals surface area contributed by atoms with Crippen LogP contribution >= 0.6 is 0 Å². The number of nitrogens with one attached hydrogen (secondary N) is 1. The molecule has 1 N–H and O–H groups in total. The molecule has 3 rings (SSSR count). The largest absolute Gasteiger partial charge is 0.496 e. The first kappa shape index (κ1) is 9.52. The third-order valence-electron chi connectivity index (χ3n) is 3.35. The van der Waals surface area contributed by atoms with Gasteiger partial charge in [-0.1, -0.05) is 18.2 Å². The van der Waals surface area contributed by atoms with Gasteiger partial charge in [0.25, 0.3) is 0 Å². The van der Waals surface area contributed by atoms with Crippen LogP contribution in [-0.2, 0) is 6.42 Å². The zero-order valence-electron chi connectivity index (χ0n) is 9.63. The number of ether oxygens (including phenoxy) is 1. The topological polar surface area (TPSA) is 21.3 Å². The molecule has 0 unspecified atom stereocenters. The molecule has 16 heavy (non-hydrogen) atoms. The second-order valence-electron chi connectivity index (χ2n) is 4.28. The molecule has 0 saturated heterocycles. The molecular weight excluding hydrogens is 198 g/mol. The quantitative estimate of drug-likeness (QED) is 0.785. The summed E-state index contributed by atoms with van der Waals surface area (Å²) < 4.78 is 5.47. The van der Waals surface area contributed by atoms with Crippen molar-refractivity contribution in [2.75, 3.05) is 19.0 Å². The third-order valence-corrected chi connectivity index (χ3v) is 3.35. The summed E-state index contributed by atoms with van der Waals surface area (Å²) in [6.07, 6.45) is 1.11. The van der Waals surface area contributed by atoms with E-state index in [9.17, 15) is 0 Å². The van der Waals surface area contributed by atoms with E-state index in [0.29, 0.717) is 0 Å². The molecule has 0 aliphatic carbocycles. The first-order valence-electron chi connectivity index (χ1n) is 5.64. The van der Waals surface area contributed by atoms with Crippen LogP contribution in [0.4, 0.5) is 5.69 Å². The standard InChI is InChI=1S/C14H15NO/c1-9-4-3-5-11-13(16-2)8-12-10(14(9)11)6-7-15-12/h3-5,8,15H,6-7H2,1-2H3. The molecule has 2 aromatic carbocycles. The molecule has 0 atom stereocenters. The Morgan fingerprint density at radius 3 is 3.00 bits per heavy atom. The van der Waals surface area contributed by atoms with Crippen molar-refractivity contribution in [2.24, 2.45) is 0 Å². The SMILES string of the molecule is COc1cc2c(c3c(C)cccc13)CCN2. The Labute approximate surface area is 95.2 Å². The molecule has 1 heterocycles. The lowest BCUT2D eigenvalue weighted by atomic mass is 9.97. The Balaban J connectivity index is 2.46. The summed E-state index contributed by atoms with van der Waals surface area (Å²) in [4.78, 5) is 0. The number of anilines is 1. The van der Waals surface area contributed by atoms with Gasteiger partial charge in [0.05, 0.1) is 7.11 Å². The number of hydrogen-bond acceptors (Lipinski definition) is 2. The number of aryl methyl sites for hydroxylation is 1. The summed E-state index contributed by atoms with van der Waals surface area (Å²) in [6, 6.07) is 8.51. The van der Waals surface area contributed by atoms with Crippen LogP contribution in [0.3, 0.4) is 0 Å². The highest BCUT2D eigenvalue weighted by Gasteiger charge is 2.17. The molecule has 2 heteroatoms. The molecule has 1 aliphatic heterocycles. The minimum absolute atomic E-state index is 0.965. The number of benzene rings is 2. The number of fused-ring (bicyclic) bond motifs is 3. The maximum Gasteiger partial charge on any atom is 0.128 e. The molecule has 0 amide bonds. The second-order valence-corrected chi connectivity index (χ2v) is 4.28. The van der Waals surface area contributed by atoms with Crippen molar-refractivity contribution in [2.45, 2.75) is 13.3 Å². The van der Waals surface area contributed by atoms with E-state index in [1.807, 2.05) is 0 Å². The van der Waals surface area contributed by atoms with Gasteiger partial charge in [-0.05, 0) is 29.9 Å². The fourth-order valence-corrected chi connectivity index (χ4v) is 2.61. The lowest BCUT2D eigenvalue weighted by molar-refractivity contribution is 0.420. The average Bonchev–Trinajstić information content (AvgIpc) is 2.75. The van der Waals surface area contributed by atoms with E-state index >= 15 is 0 Å². The fraction of sp³-hybridized carbons (Fsp3) is 0.286. The summed E-state index contributed by atoms with van der Waals surface area (Å²) in [7, 11) is 1.73. The van der Waals surface area contributed by atoms with Gasteiger partial charge < -0.3 is 10.1 Å². The maximum absolute atomic E-state index is 5.47. The van der Waals surface area contributed by atoms with E-state index in [4.69, 9.17) is 4.74 Å². The van der Waals surface area contributed by atoms with Gasteiger partial charge >= 0.3 is 0 Å². The Hall–Kier alpha value is -1.70. The van der Waals surface area contributed by atoms with Crippen molar-refractivity contribution in [1.29, 1.82) is 0 Å². The van der Waals surface area contributed by atoms with Gasteiger partial charge in [-0.3, -0.25) is 0 Å². The fourth-order valence-electron chi connectivity index (χ4n) is 2.61. The Morgan fingerprint density at radius 1 is 1.31 bits per heavy atom. The molecule has 82 valence electrons. The molecule has 2 nitrogen and oxygen atoms in total. The molecule has 0 spiro atoms. The van der Waals surface area contributed by atoms with E-state index < -0.39 is 0 Å². The molecule has 2 aromatic rings. The van der Waals surface area contributed by atoms with Crippen LogP contribution in [0.2, 0.25) is 0 Å². The van der Waals surface area contributed by atoms with Crippen molar-refractivity contribution in [1.82, 2.24) is 0 Å². The van der Waals surface area contributed by atoms with Crippen LogP contribution in [0, 0.1) is 6.92 Å². The van der Waals surface area contributed by atoms with Gasteiger partial charge in [-0.15, -0.1) is 0 Å². The number of methoxy groups -OCH3 is 1. The van der Waals surface area contributed by atoms with Crippen LogP contribution in [-0.4, -0.2) is 13.7 Å². The normalized spacial score (nSPS) is 13.6. The Kier molecular flexibility index (Phi) is 2.03. The van der Waals surface area contributed by atoms with Crippen molar-refractivity contribution in [3.63, 3.8) is 0 Å². The molecule has 0 saturated carbocycles. The average molecular weight is 213 g/mol. The van der Waals surface area contributed by atoms with Crippen molar-refractivity contribution in [3.05, 3.63) is 35.4 Å². The van der Waals surface area contributed by atoms with Crippen molar-refractivity contribution in [3.8, 4) is 5.75 Å². The lowest BCUT2D eigenvalue weighted by Crippen LogP contribution is -1.92. The van der Waals surface area contributed by atoms with Crippen LogP contribution in [0.1, 0.15) is 11.1 Å². The highest BCUT2D eigenvalue weighted by molar-refractivity contribution is 5.98. The predicted octanol–water partition coefficient (Wildman–Crippen LogP) is 3.12. The van der Waals surface area contributed by atoms with Gasteiger partial charge in [-0.25, -0.2) is 0 Å². The monoisotopic (exact) mass is 213 g/mol. The highest BCUT2D eigenvalue weighted by Crippen LogP contribution is 2.38. The summed E-state index contributed by atoms with van der Waals surface area (Å²) >= 11 is 0. The zero-order valence-corrected chi connectivity index (χ0v) is 9.63. The van der Waals surface area contributed by atoms with E-state index in [0.717, 1.165) is 18.7 Å². The second kappa shape index (κ2) is 3.41. The van der Waals surface area contributed by atoms with E-state index in [-0.39, 0.29) is 0 Å². The van der Waals surface area contributed by atoms with Gasteiger partial charge in [0.1, 0.15) is 5.75 Å². The minimum atomic E-state index is 0.965. The smallest absolute Gasteiger partial charge is 0.128 e. The Bertz CT molecular complexity index is 560. The molecular formula is C14H15NO. The summed E-state index contributed by atoms with van der Waals surface area (Å²) in [5, 5.41) is 6.00. The van der Waals surface area contributed by atoms with Crippen molar-refractivity contribution >= 4 is 16.5 Å². The van der Waals surface area contributed by atoms with E-state index in [2.05, 4.69) is 36.5 Å².